The van der Waals surface area contributed by atoms with Crippen molar-refractivity contribution in [1.29, 1.82) is 0 Å². The molecular formula is C14H23N3O2. The summed E-state index contributed by atoms with van der Waals surface area (Å²) < 4.78 is 5.10. The monoisotopic (exact) mass is 265 g/mol. The molecule has 0 aromatic carbocycles. The molecule has 0 radical (unpaired) electrons. The molecule has 0 amide bonds. The van der Waals surface area contributed by atoms with E-state index in [0.29, 0.717) is 19.6 Å². The first-order valence-electron chi connectivity index (χ1n) is 6.01. The van der Waals surface area contributed by atoms with Crippen LogP contribution in [0.25, 0.3) is 0 Å². The van der Waals surface area contributed by atoms with Crippen LogP contribution in [0.3, 0.4) is 0 Å². The second-order valence-corrected chi connectivity index (χ2v) is 3.73. The zero-order chi connectivity index (χ0) is 14.6. The summed E-state index contributed by atoms with van der Waals surface area (Å²) in [7, 11) is 0. The van der Waals surface area contributed by atoms with Gasteiger partial charge in [0.05, 0.1) is 0 Å². The van der Waals surface area contributed by atoms with Crippen molar-refractivity contribution in [2.24, 2.45) is 0 Å². The summed E-state index contributed by atoms with van der Waals surface area (Å²) in [6.07, 6.45) is 6.28. The number of hydrogen-bond donors (Lipinski definition) is 3. The lowest BCUT2D eigenvalue weighted by molar-refractivity contribution is -0.141. The molecule has 5 nitrogen and oxygen atoms in total. The quantitative estimate of drug-likeness (QED) is 0.210. The molecule has 19 heavy (non-hydrogen) atoms. The molecule has 3 N–H and O–H groups in total. The van der Waals surface area contributed by atoms with Crippen LogP contribution in [0.1, 0.15) is 0 Å². The molecule has 106 valence electrons. The second-order valence-electron chi connectivity index (χ2n) is 3.73. The third-order valence-electron chi connectivity index (χ3n) is 2.24. The first-order valence-corrected chi connectivity index (χ1v) is 6.01. The first-order chi connectivity index (χ1) is 9.14. The molecular weight excluding hydrogens is 242 g/mol. The Morgan fingerprint density at radius 1 is 0.947 bits per heavy atom. The van der Waals surface area contributed by atoms with E-state index in [-0.39, 0.29) is 6.61 Å². The SMILES string of the molecule is C=CCNC(COC(=O)C=C)(NCC=C)NCC=C. The van der Waals surface area contributed by atoms with Crippen molar-refractivity contribution in [2.75, 3.05) is 26.2 Å². The number of rotatable bonds is 12. The van der Waals surface area contributed by atoms with E-state index in [0.717, 1.165) is 6.08 Å². The minimum Gasteiger partial charge on any atom is -0.458 e. The maximum atomic E-state index is 11.2. The highest BCUT2D eigenvalue weighted by atomic mass is 16.5. The summed E-state index contributed by atoms with van der Waals surface area (Å²) in [5.74, 6) is -1.25. The van der Waals surface area contributed by atoms with Crippen molar-refractivity contribution in [3.8, 4) is 0 Å². The summed E-state index contributed by atoms with van der Waals surface area (Å²) in [6, 6.07) is 0. The fraction of sp³-hybridized carbons (Fsp3) is 0.357. The molecule has 0 spiro atoms. The Hall–Kier alpha value is -1.69. The van der Waals surface area contributed by atoms with Gasteiger partial charge in [-0.1, -0.05) is 24.8 Å². The average Bonchev–Trinajstić information content (AvgIpc) is 2.45. The van der Waals surface area contributed by atoms with Gasteiger partial charge in [0.15, 0.2) is 5.79 Å². The third-order valence-corrected chi connectivity index (χ3v) is 2.24. The molecule has 0 aliphatic rings. The van der Waals surface area contributed by atoms with Gasteiger partial charge in [-0.3, -0.25) is 16.0 Å². The predicted molar refractivity (Wildman–Crippen MR) is 78.5 cm³/mol. The summed E-state index contributed by atoms with van der Waals surface area (Å²) in [5, 5.41) is 9.55. The van der Waals surface area contributed by atoms with Crippen LogP contribution in [-0.4, -0.2) is 38.0 Å². The van der Waals surface area contributed by atoms with E-state index in [1.54, 1.807) is 18.2 Å². The van der Waals surface area contributed by atoms with Gasteiger partial charge < -0.3 is 4.74 Å². The van der Waals surface area contributed by atoms with Crippen LogP contribution in [-0.2, 0) is 9.53 Å². The van der Waals surface area contributed by atoms with E-state index in [1.165, 1.54) is 0 Å². The minimum atomic E-state index is -0.769. The van der Waals surface area contributed by atoms with Crippen LogP contribution in [0.5, 0.6) is 0 Å². The Morgan fingerprint density at radius 3 is 1.68 bits per heavy atom. The van der Waals surface area contributed by atoms with Crippen molar-refractivity contribution < 1.29 is 9.53 Å². The first kappa shape index (κ1) is 17.3. The Labute approximate surface area is 115 Å². The maximum Gasteiger partial charge on any atom is 0.330 e. The number of ether oxygens (including phenoxy) is 1. The molecule has 0 saturated carbocycles. The van der Waals surface area contributed by atoms with E-state index < -0.39 is 11.8 Å². The van der Waals surface area contributed by atoms with Crippen molar-refractivity contribution in [3.05, 3.63) is 50.6 Å². The predicted octanol–water partition coefficient (Wildman–Crippen LogP) is 0.696. The molecule has 0 aliphatic heterocycles. The van der Waals surface area contributed by atoms with Crippen LogP contribution < -0.4 is 16.0 Å². The molecule has 0 rings (SSSR count). The topological polar surface area (TPSA) is 62.4 Å². The van der Waals surface area contributed by atoms with Crippen LogP contribution in [0.4, 0.5) is 0 Å². The van der Waals surface area contributed by atoms with Crippen molar-refractivity contribution in [3.63, 3.8) is 0 Å². The molecule has 0 aliphatic carbocycles. The maximum absolute atomic E-state index is 11.2. The van der Waals surface area contributed by atoms with Gasteiger partial charge in [-0.25, -0.2) is 4.79 Å². The molecule has 0 atom stereocenters. The molecule has 0 saturated heterocycles. The molecule has 0 heterocycles. The summed E-state index contributed by atoms with van der Waals surface area (Å²) in [6.45, 7) is 16.0. The van der Waals surface area contributed by atoms with Gasteiger partial charge in [0.1, 0.15) is 6.61 Å². The lowest BCUT2D eigenvalue weighted by Gasteiger charge is -2.35. The van der Waals surface area contributed by atoms with E-state index >= 15 is 0 Å². The van der Waals surface area contributed by atoms with E-state index in [2.05, 4.69) is 42.3 Å². The molecule has 0 bridgehead atoms. The highest BCUT2D eigenvalue weighted by Gasteiger charge is 2.28. The van der Waals surface area contributed by atoms with Crippen LogP contribution in [0, 0.1) is 0 Å². The smallest absolute Gasteiger partial charge is 0.330 e. The Kier molecular flexibility index (Phi) is 9.34. The molecule has 0 aromatic rings. The summed E-state index contributed by atoms with van der Waals surface area (Å²) >= 11 is 0. The lowest BCUT2D eigenvalue weighted by Crippen LogP contribution is -2.69. The van der Waals surface area contributed by atoms with Gasteiger partial charge in [-0.15, -0.1) is 19.7 Å². The number of hydrogen-bond acceptors (Lipinski definition) is 5. The zero-order valence-corrected chi connectivity index (χ0v) is 11.3. The van der Waals surface area contributed by atoms with Crippen LogP contribution in [0.15, 0.2) is 50.6 Å². The Bertz CT molecular complexity index is 295. The minimum absolute atomic E-state index is 0.0906. The largest absolute Gasteiger partial charge is 0.458 e. The fourth-order valence-corrected chi connectivity index (χ4v) is 1.32. The van der Waals surface area contributed by atoms with Crippen molar-refractivity contribution >= 4 is 5.97 Å². The van der Waals surface area contributed by atoms with E-state index in [1.807, 2.05) is 0 Å². The fourth-order valence-electron chi connectivity index (χ4n) is 1.32. The Morgan fingerprint density at radius 2 is 1.37 bits per heavy atom. The highest BCUT2D eigenvalue weighted by molar-refractivity contribution is 5.81. The number of esters is 1. The van der Waals surface area contributed by atoms with Crippen molar-refractivity contribution in [2.45, 2.75) is 5.79 Å². The zero-order valence-electron chi connectivity index (χ0n) is 11.3. The van der Waals surface area contributed by atoms with Gasteiger partial charge in [0.2, 0.25) is 0 Å². The van der Waals surface area contributed by atoms with E-state index in [4.69, 9.17) is 4.74 Å². The molecule has 0 unspecified atom stereocenters. The third kappa shape index (κ3) is 7.35. The van der Waals surface area contributed by atoms with E-state index in [9.17, 15) is 4.79 Å². The van der Waals surface area contributed by atoms with Crippen LogP contribution >= 0.6 is 0 Å². The standard InChI is InChI=1S/C14H23N3O2/c1-5-9-15-14(16-10-6-2,17-11-7-3)12-19-13(18)8-4/h5-8,15-17H,1-4,9-12H2. The van der Waals surface area contributed by atoms with Gasteiger partial charge >= 0.3 is 5.97 Å². The summed E-state index contributed by atoms with van der Waals surface area (Å²) in [5.41, 5.74) is 0. The van der Waals surface area contributed by atoms with Crippen LogP contribution in [0.2, 0.25) is 0 Å². The average molecular weight is 265 g/mol. The van der Waals surface area contributed by atoms with Gasteiger partial charge in [0.25, 0.3) is 0 Å². The Balaban J connectivity index is 4.78. The lowest BCUT2D eigenvalue weighted by atomic mass is 10.3. The summed E-state index contributed by atoms with van der Waals surface area (Å²) in [4.78, 5) is 11.2. The second kappa shape index (κ2) is 10.3. The molecule has 0 aromatic heterocycles. The number of nitrogens with one attached hydrogen (secondary N) is 3. The molecule has 0 fully saturated rings. The number of carbonyl (C=O) groups excluding carboxylic acids is 1. The van der Waals surface area contributed by atoms with Gasteiger partial charge in [-0.2, -0.15) is 0 Å². The van der Waals surface area contributed by atoms with Gasteiger partial charge in [0, 0.05) is 25.7 Å². The van der Waals surface area contributed by atoms with Gasteiger partial charge in [-0.05, 0) is 0 Å². The number of carbonyl (C=O) groups is 1. The van der Waals surface area contributed by atoms with Crippen molar-refractivity contribution in [1.82, 2.24) is 16.0 Å². The normalized spacial score (nSPS) is 10.5. The molecule has 5 heteroatoms. The highest BCUT2D eigenvalue weighted by Crippen LogP contribution is 1.99.